The van der Waals surface area contributed by atoms with Crippen molar-refractivity contribution in [2.24, 2.45) is 11.8 Å². The molecule has 2 bridgehead atoms. The van der Waals surface area contributed by atoms with Crippen molar-refractivity contribution >= 4 is 29.3 Å². The van der Waals surface area contributed by atoms with Crippen LogP contribution >= 0.6 is 23.4 Å². The van der Waals surface area contributed by atoms with Gasteiger partial charge in [-0.15, -0.1) is 10.2 Å². The minimum Gasteiger partial charge on any atom is -0.352 e. The quantitative estimate of drug-likeness (QED) is 0.757. The van der Waals surface area contributed by atoms with Crippen molar-refractivity contribution in [1.82, 2.24) is 20.1 Å². The normalized spacial score (nSPS) is 24.2. The summed E-state index contributed by atoms with van der Waals surface area (Å²) in [5.74, 6) is 2.79. The van der Waals surface area contributed by atoms with Gasteiger partial charge in [-0.2, -0.15) is 0 Å². The van der Waals surface area contributed by atoms with Crippen LogP contribution in [0.4, 0.5) is 0 Å². The Morgan fingerprint density at radius 2 is 2.23 bits per heavy atom. The second-order valence-corrected chi connectivity index (χ2v) is 8.58. The van der Waals surface area contributed by atoms with Gasteiger partial charge in [0.1, 0.15) is 0 Å². The van der Waals surface area contributed by atoms with E-state index in [2.05, 4.69) is 22.4 Å². The molecule has 0 aliphatic heterocycles. The van der Waals surface area contributed by atoms with Gasteiger partial charge in [-0.05, 0) is 50.2 Å². The number of hydrogen-bond donors (Lipinski definition) is 1. The topological polar surface area (TPSA) is 59.8 Å². The number of halogens is 1. The lowest BCUT2D eigenvalue weighted by molar-refractivity contribution is -0.119. The number of carbonyl (C=O) groups excluding carboxylic acids is 1. The van der Waals surface area contributed by atoms with Crippen LogP contribution in [0.1, 0.15) is 32.6 Å². The van der Waals surface area contributed by atoms with Gasteiger partial charge in [0, 0.05) is 23.2 Å². The highest BCUT2D eigenvalue weighted by atomic mass is 35.5. The first-order valence-electron chi connectivity index (χ1n) is 9.25. The first kappa shape index (κ1) is 17.9. The van der Waals surface area contributed by atoms with E-state index in [0.717, 1.165) is 35.4 Å². The Kier molecular flexibility index (Phi) is 5.23. The lowest BCUT2D eigenvalue weighted by Crippen LogP contribution is -2.39. The molecule has 2 saturated carbocycles. The van der Waals surface area contributed by atoms with Crippen molar-refractivity contribution < 1.29 is 4.79 Å². The summed E-state index contributed by atoms with van der Waals surface area (Å²) in [7, 11) is 0. The van der Waals surface area contributed by atoms with E-state index in [4.69, 9.17) is 11.6 Å². The van der Waals surface area contributed by atoms with Crippen LogP contribution in [0.15, 0.2) is 29.4 Å². The molecule has 0 saturated heterocycles. The number of thioether (sulfide) groups is 1. The van der Waals surface area contributed by atoms with E-state index in [1.807, 2.05) is 28.8 Å². The highest BCUT2D eigenvalue weighted by Gasteiger charge is 2.40. The van der Waals surface area contributed by atoms with Gasteiger partial charge in [0.2, 0.25) is 5.91 Å². The number of benzene rings is 1. The Balaban J connectivity index is 1.39. The van der Waals surface area contributed by atoms with Crippen LogP contribution in [0.5, 0.6) is 0 Å². The highest BCUT2D eigenvalue weighted by Crippen LogP contribution is 2.44. The highest BCUT2D eigenvalue weighted by molar-refractivity contribution is 7.99. The lowest BCUT2D eigenvalue weighted by Gasteiger charge is -2.22. The number of hydrogen-bond acceptors (Lipinski definition) is 4. The third-order valence-electron chi connectivity index (χ3n) is 5.53. The number of amides is 1. The van der Waals surface area contributed by atoms with Crippen LogP contribution in [-0.4, -0.2) is 32.5 Å². The molecule has 2 aliphatic rings. The van der Waals surface area contributed by atoms with Crippen LogP contribution in [0.3, 0.4) is 0 Å². The zero-order valence-electron chi connectivity index (χ0n) is 14.8. The van der Waals surface area contributed by atoms with Crippen LogP contribution in [0.2, 0.25) is 5.02 Å². The van der Waals surface area contributed by atoms with E-state index in [1.54, 1.807) is 0 Å². The van der Waals surface area contributed by atoms with Gasteiger partial charge in [0.15, 0.2) is 11.0 Å². The van der Waals surface area contributed by atoms with Gasteiger partial charge in [-0.25, -0.2) is 0 Å². The second-order valence-electron chi connectivity index (χ2n) is 7.20. The van der Waals surface area contributed by atoms with Gasteiger partial charge < -0.3 is 9.88 Å². The van der Waals surface area contributed by atoms with Crippen molar-refractivity contribution in [3.05, 3.63) is 29.3 Å². The van der Waals surface area contributed by atoms with Crippen molar-refractivity contribution in [2.45, 2.75) is 50.4 Å². The number of rotatable bonds is 6. The number of nitrogens with one attached hydrogen (secondary N) is 1. The zero-order chi connectivity index (χ0) is 18.1. The Morgan fingerprint density at radius 1 is 1.35 bits per heavy atom. The first-order chi connectivity index (χ1) is 12.6. The van der Waals surface area contributed by atoms with E-state index in [-0.39, 0.29) is 5.91 Å². The Morgan fingerprint density at radius 3 is 2.92 bits per heavy atom. The fourth-order valence-corrected chi connectivity index (χ4v) is 5.33. The summed E-state index contributed by atoms with van der Waals surface area (Å²) in [6.07, 6.45) is 5.07. The van der Waals surface area contributed by atoms with Crippen LogP contribution in [0.25, 0.3) is 11.4 Å². The summed E-state index contributed by atoms with van der Waals surface area (Å²) in [6, 6.07) is 7.98. The number of aromatic nitrogens is 3. The Hall–Kier alpha value is -1.53. The van der Waals surface area contributed by atoms with Crippen molar-refractivity contribution in [1.29, 1.82) is 0 Å². The average Bonchev–Trinajstić information content (AvgIpc) is 3.34. The summed E-state index contributed by atoms with van der Waals surface area (Å²) in [5, 5.41) is 13.3. The fraction of sp³-hybridized carbons (Fsp3) is 0.526. The van der Waals surface area contributed by atoms with Gasteiger partial charge in [0.25, 0.3) is 0 Å². The molecule has 138 valence electrons. The summed E-state index contributed by atoms with van der Waals surface area (Å²) in [6.45, 7) is 2.79. The number of fused-ring (bicyclic) bond motifs is 2. The maximum Gasteiger partial charge on any atom is 0.230 e. The molecule has 2 aliphatic carbocycles. The van der Waals surface area contributed by atoms with Gasteiger partial charge in [0.05, 0.1) is 5.75 Å². The predicted octanol–water partition coefficient (Wildman–Crippen LogP) is 4.02. The molecule has 1 aromatic heterocycles. The fourth-order valence-electron chi connectivity index (χ4n) is 4.32. The number of carbonyl (C=O) groups is 1. The zero-order valence-corrected chi connectivity index (χ0v) is 16.4. The standard InChI is InChI=1S/C19H23ClN4OS/c1-2-24-18(14-4-3-5-15(20)10-14)22-23-19(24)26-11-17(25)21-16-9-12-6-7-13(16)8-12/h3-5,10,12-13,16H,2,6-9,11H2,1H3,(H,21,25)/t12-,13-,16-/m0/s1. The smallest absolute Gasteiger partial charge is 0.230 e. The Bertz CT molecular complexity index is 809. The molecule has 7 heteroatoms. The molecule has 1 heterocycles. The maximum atomic E-state index is 12.4. The molecular weight excluding hydrogens is 368 g/mol. The van der Waals surface area contributed by atoms with Gasteiger partial charge in [-0.1, -0.05) is 41.9 Å². The van der Waals surface area contributed by atoms with E-state index >= 15 is 0 Å². The molecule has 3 atom stereocenters. The largest absolute Gasteiger partial charge is 0.352 e. The summed E-state index contributed by atoms with van der Waals surface area (Å²) in [5.41, 5.74) is 0.935. The van der Waals surface area contributed by atoms with Crippen LogP contribution < -0.4 is 5.32 Å². The van der Waals surface area contributed by atoms with Crippen molar-refractivity contribution in [3.8, 4) is 11.4 Å². The predicted molar refractivity (Wildman–Crippen MR) is 104 cm³/mol. The average molecular weight is 391 g/mol. The molecule has 2 fully saturated rings. The van der Waals surface area contributed by atoms with Gasteiger partial charge in [-0.3, -0.25) is 4.79 Å². The molecule has 0 radical (unpaired) electrons. The first-order valence-corrected chi connectivity index (χ1v) is 10.6. The molecule has 5 nitrogen and oxygen atoms in total. The van der Waals surface area contributed by atoms with Crippen LogP contribution in [-0.2, 0) is 11.3 Å². The molecule has 1 aromatic carbocycles. The molecule has 1 amide bonds. The molecule has 1 N–H and O–H groups in total. The van der Waals surface area contributed by atoms with E-state index in [0.29, 0.717) is 22.7 Å². The maximum absolute atomic E-state index is 12.4. The SMILES string of the molecule is CCn1c(SCC(=O)N[C@H]2C[C@H]3CC[C@H]2C3)nnc1-c1cccc(Cl)c1. The van der Waals surface area contributed by atoms with E-state index in [1.165, 1.54) is 31.0 Å². The summed E-state index contributed by atoms with van der Waals surface area (Å²) < 4.78 is 2.03. The second kappa shape index (κ2) is 7.61. The lowest BCUT2D eigenvalue weighted by atomic mass is 9.95. The third kappa shape index (κ3) is 3.62. The van der Waals surface area contributed by atoms with E-state index < -0.39 is 0 Å². The Labute approximate surface area is 162 Å². The van der Waals surface area contributed by atoms with Crippen molar-refractivity contribution in [3.63, 3.8) is 0 Å². The van der Waals surface area contributed by atoms with Crippen LogP contribution in [0, 0.1) is 11.8 Å². The minimum atomic E-state index is 0.0995. The monoisotopic (exact) mass is 390 g/mol. The molecule has 4 rings (SSSR count). The van der Waals surface area contributed by atoms with Gasteiger partial charge >= 0.3 is 0 Å². The molecular formula is C19H23ClN4OS. The van der Waals surface area contributed by atoms with Crippen molar-refractivity contribution in [2.75, 3.05) is 5.75 Å². The summed E-state index contributed by atoms with van der Waals surface area (Å²) >= 11 is 7.54. The third-order valence-corrected chi connectivity index (χ3v) is 6.73. The minimum absolute atomic E-state index is 0.0995. The van der Waals surface area contributed by atoms with E-state index in [9.17, 15) is 4.79 Å². The number of nitrogens with zero attached hydrogens (tertiary/aromatic N) is 3. The molecule has 26 heavy (non-hydrogen) atoms. The molecule has 0 spiro atoms. The molecule has 0 unspecified atom stereocenters. The molecule has 2 aromatic rings. The summed E-state index contributed by atoms with van der Waals surface area (Å²) in [4.78, 5) is 12.4.